The van der Waals surface area contributed by atoms with Crippen molar-refractivity contribution < 1.29 is 19.0 Å². The number of anilines is 4. The van der Waals surface area contributed by atoms with E-state index in [1.165, 1.54) is 0 Å². The highest BCUT2D eigenvalue weighted by atomic mass is 16.5. The Balaban J connectivity index is 1.32. The van der Waals surface area contributed by atoms with E-state index in [9.17, 15) is 4.79 Å². The summed E-state index contributed by atoms with van der Waals surface area (Å²) in [7, 11) is 4.72. The number of hydrogen-bond donors (Lipinski definition) is 4. The first-order valence-corrected chi connectivity index (χ1v) is 12.8. The van der Waals surface area contributed by atoms with Gasteiger partial charge in [-0.2, -0.15) is 9.97 Å². The SMILES string of the molecule is COc1cc(CNc2nc(N)nc3c2ccn3Cc2ccc(C(=O)Nc3ccccc3N)cc2)cc(OC)c1OC. The van der Waals surface area contributed by atoms with Crippen molar-refractivity contribution in [3.8, 4) is 17.2 Å². The molecule has 1 amide bonds. The first kappa shape index (κ1) is 27.1. The van der Waals surface area contributed by atoms with Crippen LogP contribution in [0.2, 0.25) is 0 Å². The molecule has 0 aliphatic carbocycles. The largest absolute Gasteiger partial charge is 0.493 e. The van der Waals surface area contributed by atoms with Gasteiger partial charge in [0.15, 0.2) is 11.5 Å². The Morgan fingerprint density at radius 1 is 0.878 bits per heavy atom. The molecule has 0 bridgehead atoms. The number of nitrogens with zero attached hydrogens (tertiary/aromatic N) is 3. The first-order chi connectivity index (χ1) is 19.9. The summed E-state index contributed by atoms with van der Waals surface area (Å²) in [5, 5.41) is 7.02. The molecule has 0 fully saturated rings. The number of aromatic nitrogens is 3. The van der Waals surface area contributed by atoms with E-state index in [2.05, 4.69) is 20.6 Å². The molecule has 0 radical (unpaired) electrons. The Morgan fingerprint density at radius 3 is 2.24 bits per heavy atom. The first-order valence-electron chi connectivity index (χ1n) is 12.8. The zero-order valence-electron chi connectivity index (χ0n) is 23.0. The molecule has 0 unspecified atom stereocenters. The number of benzene rings is 3. The predicted octanol–water partition coefficient (Wildman–Crippen LogP) is 4.53. The second-order valence-corrected chi connectivity index (χ2v) is 9.24. The normalized spacial score (nSPS) is 10.8. The van der Waals surface area contributed by atoms with Crippen molar-refractivity contribution >= 4 is 40.1 Å². The third-order valence-corrected chi connectivity index (χ3v) is 6.60. The molecule has 2 aromatic heterocycles. The number of carbonyl (C=O) groups is 1. The molecule has 0 saturated carbocycles. The van der Waals surface area contributed by atoms with Crippen LogP contribution >= 0.6 is 0 Å². The molecule has 11 nitrogen and oxygen atoms in total. The van der Waals surface area contributed by atoms with Crippen LogP contribution in [-0.4, -0.2) is 41.8 Å². The molecule has 11 heteroatoms. The lowest BCUT2D eigenvalue weighted by Gasteiger charge is -2.15. The van der Waals surface area contributed by atoms with Crippen LogP contribution in [-0.2, 0) is 13.1 Å². The fourth-order valence-corrected chi connectivity index (χ4v) is 4.53. The van der Waals surface area contributed by atoms with Gasteiger partial charge in [-0.25, -0.2) is 0 Å². The number of ether oxygens (including phenoxy) is 3. The number of nitrogens with two attached hydrogens (primary N) is 2. The lowest BCUT2D eigenvalue weighted by Crippen LogP contribution is -2.13. The van der Waals surface area contributed by atoms with Crippen LogP contribution < -0.4 is 36.3 Å². The smallest absolute Gasteiger partial charge is 0.255 e. The quantitative estimate of drug-likeness (QED) is 0.183. The lowest BCUT2D eigenvalue weighted by molar-refractivity contribution is 0.102. The zero-order valence-corrected chi connectivity index (χ0v) is 23.0. The molecule has 210 valence electrons. The predicted molar refractivity (Wildman–Crippen MR) is 160 cm³/mol. The monoisotopic (exact) mass is 553 g/mol. The Kier molecular flexibility index (Phi) is 7.77. The van der Waals surface area contributed by atoms with Gasteiger partial charge < -0.3 is 40.9 Å². The van der Waals surface area contributed by atoms with Crippen LogP contribution in [0.1, 0.15) is 21.5 Å². The maximum Gasteiger partial charge on any atom is 0.255 e. The van der Waals surface area contributed by atoms with E-state index in [0.717, 1.165) is 16.5 Å². The molecule has 0 aliphatic rings. The molecule has 0 atom stereocenters. The minimum Gasteiger partial charge on any atom is -0.493 e. The van der Waals surface area contributed by atoms with E-state index in [1.54, 1.807) is 45.6 Å². The Bertz CT molecular complexity index is 1670. The van der Waals surface area contributed by atoms with Crippen LogP contribution in [0.15, 0.2) is 72.9 Å². The van der Waals surface area contributed by atoms with Crippen molar-refractivity contribution in [2.24, 2.45) is 0 Å². The molecule has 0 aliphatic heterocycles. The minimum absolute atomic E-state index is 0.150. The summed E-state index contributed by atoms with van der Waals surface area (Å²) in [4.78, 5) is 21.6. The van der Waals surface area contributed by atoms with Crippen molar-refractivity contribution in [1.29, 1.82) is 0 Å². The molecule has 0 saturated heterocycles. The van der Waals surface area contributed by atoms with Gasteiger partial charge in [0.05, 0.1) is 38.1 Å². The summed E-state index contributed by atoms with van der Waals surface area (Å²) < 4.78 is 18.3. The summed E-state index contributed by atoms with van der Waals surface area (Å²) in [6, 6.07) is 20.2. The maximum atomic E-state index is 12.7. The summed E-state index contributed by atoms with van der Waals surface area (Å²) in [5.74, 6) is 2.18. The molecular weight excluding hydrogens is 522 g/mol. The average molecular weight is 554 g/mol. The molecule has 2 heterocycles. The van der Waals surface area contributed by atoms with E-state index in [0.29, 0.717) is 58.7 Å². The van der Waals surface area contributed by atoms with Crippen LogP contribution in [0.4, 0.5) is 23.1 Å². The van der Waals surface area contributed by atoms with Gasteiger partial charge in [-0.1, -0.05) is 24.3 Å². The molecule has 3 aromatic carbocycles. The van der Waals surface area contributed by atoms with E-state index >= 15 is 0 Å². The Hall–Kier alpha value is -5.45. The molecule has 41 heavy (non-hydrogen) atoms. The number of nitrogen functional groups attached to an aromatic ring is 2. The summed E-state index contributed by atoms with van der Waals surface area (Å²) in [5.41, 5.74) is 16.2. The van der Waals surface area contributed by atoms with Crippen LogP contribution in [0.25, 0.3) is 11.0 Å². The molecule has 0 spiro atoms. The van der Waals surface area contributed by atoms with Crippen molar-refractivity contribution in [3.63, 3.8) is 0 Å². The molecule has 6 N–H and O–H groups in total. The summed E-state index contributed by atoms with van der Waals surface area (Å²) in [6.45, 7) is 0.964. The number of fused-ring (bicyclic) bond motifs is 1. The van der Waals surface area contributed by atoms with Gasteiger partial charge in [0.1, 0.15) is 11.5 Å². The van der Waals surface area contributed by atoms with Crippen LogP contribution in [0, 0.1) is 0 Å². The fourth-order valence-electron chi connectivity index (χ4n) is 4.53. The van der Waals surface area contributed by atoms with Gasteiger partial charge in [-0.15, -0.1) is 0 Å². The number of rotatable bonds is 10. The number of hydrogen-bond acceptors (Lipinski definition) is 9. The second kappa shape index (κ2) is 11.7. The Labute approximate surface area is 237 Å². The van der Waals surface area contributed by atoms with E-state index in [4.69, 9.17) is 25.7 Å². The van der Waals surface area contributed by atoms with Gasteiger partial charge in [0, 0.05) is 24.8 Å². The highest BCUT2D eigenvalue weighted by Crippen LogP contribution is 2.38. The van der Waals surface area contributed by atoms with Crippen LogP contribution in [0.3, 0.4) is 0 Å². The average Bonchev–Trinajstić information content (AvgIpc) is 3.38. The molecule has 5 aromatic rings. The fraction of sp³-hybridized carbons (Fsp3) is 0.167. The summed E-state index contributed by atoms with van der Waals surface area (Å²) in [6.07, 6.45) is 1.93. The number of para-hydroxylation sites is 2. The van der Waals surface area contributed by atoms with Gasteiger partial charge in [-0.05, 0) is 53.6 Å². The van der Waals surface area contributed by atoms with Gasteiger partial charge in [0.2, 0.25) is 11.7 Å². The van der Waals surface area contributed by atoms with Crippen molar-refractivity contribution in [2.45, 2.75) is 13.1 Å². The van der Waals surface area contributed by atoms with Crippen molar-refractivity contribution in [2.75, 3.05) is 43.4 Å². The van der Waals surface area contributed by atoms with E-state index in [1.807, 2.05) is 53.2 Å². The minimum atomic E-state index is -0.232. The molecule has 5 rings (SSSR count). The van der Waals surface area contributed by atoms with Crippen molar-refractivity contribution in [3.05, 3.63) is 89.6 Å². The number of methoxy groups -OCH3 is 3. The zero-order chi connectivity index (χ0) is 28.9. The van der Waals surface area contributed by atoms with E-state index in [-0.39, 0.29) is 11.9 Å². The standard InChI is InChI=1S/C30H31N7O4/c1-39-24-14-19(15-25(40-2)26(24)41-3)16-33-27-21-12-13-37(28(21)36-30(32)35-27)17-18-8-10-20(11-9-18)29(38)34-23-7-5-4-6-22(23)31/h4-15H,16-17,31H2,1-3H3,(H,34,38)(H3,32,33,35,36). The lowest BCUT2D eigenvalue weighted by atomic mass is 10.1. The highest BCUT2D eigenvalue weighted by molar-refractivity contribution is 6.05. The van der Waals surface area contributed by atoms with Gasteiger partial charge in [-0.3, -0.25) is 4.79 Å². The van der Waals surface area contributed by atoms with Gasteiger partial charge in [0.25, 0.3) is 5.91 Å². The third-order valence-electron chi connectivity index (χ3n) is 6.60. The topological polar surface area (TPSA) is 152 Å². The van der Waals surface area contributed by atoms with E-state index < -0.39 is 0 Å². The number of nitrogens with one attached hydrogen (secondary N) is 2. The van der Waals surface area contributed by atoms with Gasteiger partial charge >= 0.3 is 0 Å². The van der Waals surface area contributed by atoms with Crippen molar-refractivity contribution in [1.82, 2.24) is 14.5 Å². The summed E-state index contributed by atoms with van der Waals surface area (Å²) >= 11 is 0. The third kappa shape index (κ3) is 5.78. The molecular formula is C30H31N7O4. The van der Waals surface area contributed by atoms with Crippen LogP contribution in [0.5, 0.6) is 17.2 Å². The highest BCUT2D eigenvalue weighted by Gasteiger charge is 2.15. The number of carbonyl (C=O) groups excluding carboxylic acids is 1. The maximum absolute atomic E-state index is 12.7. The second-order valence-electron chi connectivity index (χ2n) is 9.24. The Morgan fingerprint density at radius 2 is 1.59 bits per heavy atom. The number of amides is 1.